The third-order valence-corrected chi connectivity index (χ3v) is 6.48. The summed E-state index contributed by atoms with van der Waals surface area (Å²) in [4.78, 5) is 8.60. The molecule has 8 heteroatoms. The average molecular weight is 415 g/mol. The SMILES string of the molecule is Cc1ncnc2c1ccn2C1CC(Oc2ccc(Cl)c3c2CNCC3)[C@@H](O)[C@H]1O. The van der Waals surface area contributed by atoms with E-state index in [2.05, 4.69) is 15.3 Å². The first-order chi connectivity index (χ1) is 14.0. The molecular weight excluding hydrogens is 392 g/mol. The Morgan fingerprint density at radius 2 is 2.03 bits per heavy atom. The van der Waals surface area contributed by atoms with Crippen molar-refractivity contribution in [1.82, 2.24) is 19.9 Å². The Morgan fingerprint density at radius 3 is 2.90 bits per heavy atom. The fraction of sp³-hybridized carbons (Fsp3) is 0.429. The lowest BCUT2D eigenvalue weighted by Gasteiger charge is -2.25. The van der Waals surface area contributed by atoms with Crippen molar-refractivity contribution >= 4 is 22.6 Å². The minimum Gasteiger partial charge on any atom is -0.487 e. The summed E-state index contributed by atoms with van der Waals surface area (Å²) in [5.41, 5.74) is 3.76. The van der Waals surface area contributed by atoms with Crippen LogP contribution in [-0.2, 0) is 13.0 Å². The first kappa shape index (κ1) is 18.8. The van der Waals surface area contributed by atoms with Crippen LogP contribution in [-0.4, -0.2) is 49.6 Å². The zero-order valence-electron chi connectivity index (χ0n) is 16.0. The zero-order valence-corrected chi connectivity index (χ0v) is 16.8. The number of nitrogens with one attached hydrogen (secondary N) is 1. The molecule has 7 nitrogen and oxygen atoms in total. The summed E-state index contributed by atoms with van der Waals surface area (Å²) >= 11 is 6.35. The van der Waals surface area contributed by atoms with Crippen molar-refractivity contribution in [2.45, 2.75) is 50.7 Å². The summed E-state index contributed by atoms with van der Waals surface area (Å²) in [6.45, 7) is 3.49. The number of rotatable bonds is 3. The van der Waals surface area contributed by atoms with Crippen molar-refractivity contribution < 1.29 is 14.9 Å². The quantitative estimate of drug-likeness (QED) is 0.608. The fourth-order valence-corrected chi connectivity index (χ4v) is 4.80. The van der Waals surface area contributed by atoms with Crippen LogP contribution >= 0.6 is 11.6 Å². The Kier molecular flexibility index (Phi) is 4.70. The van der Waals surface area contributed by atoms with Gasteiger partial charge in [-0.2, -0.15) is 0 Å². The van der Waals surface area contributed by atoms with Crippen molar-refractivity contribution in [2.24, 2.45) is 0 Å². The van der Waals surface area contributed by atoms with E-state index >= 15 is 0 Å². The Balaban J connectivity index is 1.44. The minimum absolute atomic E-state index is 0.331. The van der Waals surface area contributed by atoms with Gasteiger partial charge in [-0.05, 0) is 43.7 Å². The van der Waals surface area contributed by atoms with E-state index in [0.29, 0.717) is 18.7 Å². The first-order valence-electron chi connectivity index (χ1n) is 9.86. The van der Waals surface area contributed by atoms with Crippen molar-refractivity contribution in [3.63, 3.8) is 0 Å². The molecule has 1 aliphatic heterocycles. The van der Waals surface area contributed by atoms with Crippen molar-refractivity contribution in [3.8, 4) is 5.75 Å². The van der Waals surface area contributed by atoms with E-state index in [0.717, 1.165) is 45.8 Å². The summed E-state index contributed by atoms with van der Waals surface area (Å²) in [5, 5.41) is 26.5. The number of aromatic nitrogens is 3. The number of aliphatic hydroxyl groups is 2. The van der Waals surface area contributed by atoms with E-state index in [1.807, 2.05) is 35.9 Å². The highest BCUT2D eigenvalue weighted by Gasteiger charge is 2.44. The molecule has 0 saturated heterocycles. The van der Waals surface area contributed by atoms with Crippen molar-refractivity contribution in [1.29, 1.82) is 0 Å². The van der Waals surface area contributed by atoms with Gasteiger partial charge in [0.25, 0.3) is 0 Å². The van der Waals surface area contributed by atoms with Gasteiger partial charge in [-0.3, -0.25) is 0 Å². The smallest absolute Gasteiger partial charge is 0.143 e. The number of nitrogens with zero attached hydrogens (tertiary/aromatic N) is 3. The molecule has 5 rings (SSSR count). The number of benzene rings is 1. The Labute approximate surface area is 173 Å². The van der Waals surface area contributed by atoms with Gasteiger partial charge in [0.2, 0.25) is 0 Å². The van der Waals surface area contributed by atoms with Crippen LogP contribution < -0.4 is 10.1 Å². The van der Waals surface area contributed by atoms with Crippen molar-refractivity contribution in [2.75, 3.05) is 6.54 Å². The summed E-state index contributed by atoms with van der Waals surface area (Å²) in [5.74, 6) is 0.712. The third kappa shape index (κ3) is 3.09. The molecule has 2 aromatic heterocycles. The van der Waals surface area contributed by atoms with Gasteiger partial charge in [0, 0.05) is 35.1 Å². The van der Waals surface area contributed by atoms with Crippen LogP contribution in [0.2, 0.25) is 5.02 Å². The van der Waals surface area contributed by atoms with Gasteiger partial charge in [0.1, 0.15) is 36.0 Å². The molecule has 0 amide bonds. The van der Waals surface area contributed by atoms with E-state index in [9.17, 15) is 10.2 Å². The maximum Gasteiger partial charge on any atom is 0.143 e. The molecule has 1 fully saturated rings. The predicted octanol–water partition coefficient (Wildman–Crippen LogP) is 2.15. The van der Waals surface area contributed by atoms with Crippen LogP contribution in [0.3, 0.4) is 0 Å². The minimum atomic E-state index is -0.997. The summed E-state index contributed by atoms with van der Waals surface area (Å²) in [7, 11) is 0. The van der Waals surface area contributed by atoms with E-state index in [-0.39, 0.29) is 6.04 Å². The predicted molar refractivity (Wildman–Crippen MR) is 109 cm³/mol. The lowest BCUT2D eigenvalue weighted by molar-refractivity contribution is -0.0166. The zero-order chi connectivity index (χ0) is 20.1. The van der Waals surface area contributed by atoms with E-state index < -0.39 is 18.3 Å². The molecule has 3 heterocycles. The molecule has 3 N–H and O–H groups in total. The standard InChI is InChI=1S/C21H23ClN4O3/c1-11-12-5-7-26(21(12)25-10-24-11)16-8-18(20(28)19(16)27)29-17-3-2-15(22)13-4-6-23-9-14(13)17/h2-3,5,7,10,16,18-20,23,27-28H,4,6,8-9H2,1H3/t16?,18?,19-,20+/m0/s1. The molecule has 2 aliphatic rings. The summed E-state index contributed by atoms with van der Waals surface area (Å²) in [6.07, 6.45) is 2.26. The average Bonchev–Trinajstić information content (AvgIpc) is 3.28. The molecule has 1 aliphatic carbocycles. The molecule has 3 aromatic rings. The van der Waals surface area contributed by atoms with Crippen LogP contribution in [0.4, 0.5) is 0 Å². The van der Waals surface area contributed by atoms with Gasteiger partial charge in [-0.25, -0.2) is 9.97 Å². The summed E-state index contributed by atoms with van der Waals surface area (Å²) < 4.78 is 8.14. The van der Waals surface area contributed by atoms with Gasteiger partial charge in [0.15, 0.2) is 0 Å². The number of aryl methyl sites for hydroxylation is 1. The topological polar surface area (TPSA) is 92.4 Å². The molecule has 4 atom stereocenters. The lowest BCUT2D eigenvalue weighted by Crippen LogP contribution is -2.34. The molecular formula is C21H23ClN4O3. The molecule has 1 saturated carbocycles. The molecule has 29 heavy (non-hydrogen) atoms. The highest BCUT2D eigenvalue weighted by atomic mass is 35.5. The van der Waals surface area contributed by atoms with E-state index in [4.69, 9.17) is 16.3 Å². The second-order valence-electron chi connectivity index (χ2n) is 7.79. The second-order valence-corrected chi connectivity index (χ2v) is 8.20. The Morgan fingerprint density at radius 1 is 1.17 bits per heavy atom. The van der Waals surface area contributed by atoms with Gasteiger partial charge >= 0.3 is 0 Å². The number of fused-ring (bicyclic) bond motifs is 2. The molecule has 0 bridgehead atoms. The molecule has 2 unspecified atom stereocenters. The van der Waals surface area contributed by atoms with Crippen LogP contribution in [0.1, 0.15) is 29.3 Å². The van der Waals surface area contributed by atoms with Crippen LogP contribution in [0.15, 0.2) is 30.7 Å². The van der Waals surface area contributed by atoms with E-state index in [1.165, 1.54) is 6.33 Å². The Bertz CT molecular complexity index is 1070. The number of ether oxygens (including phenoxy) is 1. The van der Waals surface area contributed by atoms with Crippen LogP contribution in [0.25, 0.3) is 11.0 Å². The number of halogens is 1. The molecule has 0 spiro atoms. The lowest BCUT2D eigenvalue weighted by atomic mass is 10.00. The number of hydrogen-bond acceptors (Lipinski definition) is 6. The molecule has 1 aromatic carbocycles. The number of aliphatic hydroxyl groups excluding tert-OH is 2. The number of hydrogen-bond donors (Lipinski definition) is 3. The maximum atomic E-state index is 10.8. The van der Waals surface area contributed by atoms with Crippen molar-refractivity contribution in [3.05, 3.63) is 52.6 Å². The van der Waals surface area contributed by atoms with Gasteiger partial charge in [0.05, 0.1) is 11.7 Å². The van der Waals surface area contributed by atoms with Crippen LogP contribution in [0.5, 0.6) is 5.75 Å². The second kappa shape index (κ2) is 7.25. The highest BCUT2D eigenvalue weighted by Crippen LogP contribution is 2.38. The maximum absolute atomic E-state index is 10.8. The van der Waals surface area contributed by atoms with Crippen LogP contribution in [0, 0.1) is 6.92 Å². The van der Waals surface area contributed by atoms with Gasteiger partial charge < -0.3 is 24.8 Å². The Hall–Kier alpha value is -2.19. The van der Waals surface area contributed by atoms with Gasteiger partial charge in [-0.1, -0.05) is 11.6 Å². The highest BCUT2D eigenvalue weighted by molar-refractivity contribution is 6.31. The third-order valence-electron chi connectivity index (χ3n) is 6.13. The molecule has 152 valence electrons. The molecule has 0 radical (unpaired) electrons. The monoisotopic (exact) mass is 414 g/mol. The first-order valence-corrected chi connectivity index (χ1v) is 10.2. The van der Waals surface area contributed by atoms with E-state index in [1.54, 1.807) is 0 Å². The largest absolute Gasteiger partial charge is 0.487 e. The summed E-state index contributed by atoms with van der Waals surface area (Å²) in [6, 6.07) is 5.31. The normalized spacial score (nSPS) is 26.6. The van der Waals surface area contributed by atoms with Gasteiger partial charge in [-0.15, -0.1) is 0 Å². The fourth-order valence-electron chi connectivity index (χ4n) is 4.53.